The predicted octanol–water partition coefficient (Wildman–Crippen LogP) is 3.95. The first kappa shape index (κ1) is 23.6. The molecule has 1 aliphatic heterocycles. The molecule has 0 aliphatic carbocycles. The van der Waals surface area contributed by atoms with E-state index in [9.17, 15) is 22.3 Å². The third kappa shape index (κ3) is 4.57. The van der Waals surface area contributed by atoms with Crippen LogP contribution in [0.2, 0.25) is 0 Å². The summed E-state index contributed by atoms with van der Waals surface area (Å²) in [5.41, 5.74) is 2.00. The van der Waals surface area contributed by atoms with E-state index in [1.807, 2.05) is 0 Å². The van der Waals surface area contributed by atoms with Crippen LogP contribution < -0.4 is 24.1 Å². The van der Waals surface area contributed by atoms with Crippen molar-refractivity contribution >= 4 is 10.0 Å². The number of nitrogens with two attached hydrogens (primary N) is 1. The average molecular weight is 493 g/mol. The van der Waals surface area contributed by atoms with Crippen LogP contribution in [0.15, 0.2) is 48.5 Å². The van der Waals surface area contributed by atoms with E-state index < -0.39 is 40.0 Å². The molecule has 4 rings (SSSR count). The molecule has 0 amide bonds. The van der Waals surface area contributed by atoms with Gasteiger partial charge in [0.2, 0.25) is 10.0 Å². The van der Waals surface area contributed by atoms with Gasteiger partial charge in [-0.3, -0.25) is 0 Å². The van der Waals surface area contributed by atoms with E-state index in [-0.39, 0.29) is 11.3 Å². The van der Waals surface area contributed by atoms with Gasteiger partial charge >= 0.3 is 6.61 Å². The summed E-state index contributed by atoms with van der Waals surface area (Å²) in [6.07, 6.45) is -0.772. The van der Waals surface area contributed by atoms with Crippen LogP contribution in [-0.4, -0.2) is 34.4 Å². The number of fused-ring (bicyclic) bond motifs is 3. The molecule has 0 aromatic heterocycles. The molecule has 1 aliphatic rings. The Bertz CT molecular complexity index is 1350. The van der Waals surface area contributed by atoms with Crippen molar-refractivity contribution in [3.63, 3.8) is 0 Å². The molecule has 1 heterocycles. The third-order valence-corrected chi connectivity index (χ3v) is 6.03. The van der Waals surface area contributed by atoms with Gasteiger partial charge in [-0.05, 0) is 35.4 Å². The first-order valence-corrected chi connectivity index (χ1v) is 11.7. The van der Waals surface area contributed by atoms with Crippen LogP contribution in [0, 0.1) is 0 Å². The van der Waals surface area contributed by atoms with E-state index in [0.29, 0.717) is 33.8 Å². The van der Waals surface area contributed by atoms with E-state index in [4.69, 9.17) is 19.3 Å². The largest absolute Gasteiger partial charge is 0.504 e. The minimum Gasteiger partial charge on any atom is -0.504 e. The number of benzene rings is 3. The van der Waals surface area contributed by atoms with Crippen molar-refractivity contribution in [1.29, 1.82) is 0 Å². The molecular weight excluding hydrogens is 472 g/mol. The number of sulfonamides is 1. The molecule has 3 N–H and O–H groups in total. The Morgan fingerprint density at radius 3 is 2.44 bits per heavy atom. The zero-order valence-electron chi connectivity index (χ0n) is 18.1. The first-order chi connectivity index (χ1) is 16.1. The van der Waals surface area contributed by atoms with Crippen molar-refractivity contribution in [3.8, 4) is 39.9 Å². The molecule has 34 heavy (non-hydrogen) atoms. The van der Waals surface area contributed by atoms with E-state index in [1.165, 1.54) is 32.4 Å². The Labute approximate surface area is 194 Å². The maximum Gasteiger partial charge on any atom is 0.387 e. The number of primary sulfonamides is 1. The van der Waals surface area contributed by atoms with Gasteiger partial charge in [-0.1, -0.05) is 24.3 Å². The normalized spacial score (nSPS) is 14.7. The zero-order valence-corrected chi connectivity index (χ0v) is 18.9. The van der Waals surface area contributed by atoms with Gasteiger partial charge in [0.15, 0.2) is 23.0 Å². The summed E-state index contributed by atoms with van der Waals surface area (Å²) in [5.74, 6) is -0.260. The van der Waals surface area contributed by atoms with Gasteiger partial charge in [0, 0.05) is 11.1 Å². The van der Waals surface area contributed by atoms with Crippen molar-refractivity contribution in [2.45, 2.75) is 18.5 Å². The molecule has 0 radical (unpaired) electrons. The number of methoxy groups -OCH3 is 2. The summed E-state index contributed by atoms with van der Waals surface area (Å²) in [6, 6.07) is 12.4. The second-order valence-corrected chi connectivity index (χ2v) is 9.12. The SMILES string of the molecule is COc1ccc(C2Oc3ccc(O)c(OC(F)F)c3-c3ccc(CS(N)(=O)=O)cc32)cc1OC. The zero-order chi connectivity index (χ0) is 24.6. The fraction of sp³-hybridized carbons (Fsp3) is 0.217. The van der Waals surface area contributed by atoms with Crippen LogP contribution in [0.5, 0.6) is 28.7 Å². The number of rotatable bonds is 7. The van der Waals surface area contributed by atoms with Crippen LogP contribution in [0.3, 0.4) is 0 Å². The van der Waals surface area contributed by atoms with E-state index >= 15 is 0 Å². The molecule has 0 saturated carbocycles. The van der Waals surface area contributed by atoms with Gasteiger partial charge in [-0.15, -0.1) is 0 Å². The molecule has 1 unspecified atom stereocenters. The van der Waals surface area contributed by atoms with Crippen LogP contribution >= 0.6 is 0 Å². The van der Waals surface area contributed by atoms with Gasteiger partial charge in [0.25, 0.3) is 0 Å². The minimum atomic E-state index is -3.84. The Morgan fingerprint density at radius 1 is 1.06 bits per heavy atom. The highest BCUT2D eigenvalue weighted by Gasteiger charge is 2.33. The second-order valence-electron chi connectivity index (χ2n) is 7.51. The average Bonchev–Trinajstić information content (AvgIpc) is 2.78. The van der Waals surface area contributed by atoms with Crippen molar-refractivity contribution in [3.05, 3.63) is 65.2 Å². The molecule has 8 nitrogen and oxygen atoms in total. The maximum absolute atomic E-state index is 13.1. The lowest BCUT2D eigenvalue weighted by Crippen LogP contribution is -2.18. The molecule has 0 fully saturated rings. The molecule has 0 bridgehead atoms. The number of halogens is 2. The second kappa shape index (κ2) is 8.99. The van der Waals surface area contributed by atoms with Gasteiger partial charge in [0.05, 0.1) is 25.5 Å². The number of phenolic OH excluding ortho intramolecular Hbond substituents is 1. The monoisotopic (exact) mass is 493 g/mol. The highest BCUT2D eigenvalue weighted by molar-refractivity contribution is 7.88. The topological polar surface area (TPSA) is 117 Å². The summed E-state index contributed by atoms with van der Waals surface area (Å²) >= 11 is 0. The maximum atomic E-state index is 13.1. The summed E-state index contributed by atoms with van der Waals surface area (Å²) in [6.45, 7) is -3.19. The summed E-state index contributed by atoms with van der Waals surface area (Å²) in [7, 11) is -0.862. The number of phenols is 1. The molecule has 180 valence electrons. The third-order valence-electron chi connectivity index (χ3n) is 5.30. The number of aromatic hydroxyl groups is 1. The predicted molar refractivity (Wildman–Crippen MR) is 119 cm³/mol. The van der Waals surface area contributed by atoms with Crippen LogP contribution in [0.4, 0.5) is 8.78 Å². The van der Waals surface area contributed by atoms with Gasteiger partial charge < -0.3 is 24.1 Å². The Morgan fingerprint density at radius 2 is 1.79 bits per heavy atom. The summed E-state index contributed by atoms with van der Waals surface area (Å²) < 4.78 is 71.0. The molecule has 0 spiro atoms. The van der Waals surface area contributed by atoms with Gasteiger partial charge in [-0.25, -0.2) is 13.6 Å². The van der Waals surface area contributed by atoms with E-state index in [0.717, 1.165) is 0 Å². The smallest absolute Gasteiger partial charge is 0.387 e. The number of hydrogen-bond donors (Lipinski definition) is 2. The summed E-state index contributed by atoms with van der Waals surface area (Å²) in [5, 5.41) is 15.4. The van der Waals surface area contributed by atoms with Crippen LogP contribution in [0.25, 0.3) is 11.1 Å². The van der Waals surface area contributed by atoms with E-state index in [1.54, 1.807) is 30.3 Å². The van der Waals surface area contributed by atoms with Gasteiger partial charge in [-0.2, -0.15) is 8.78 Å². The highest BCUT2D eigenvalue weighted by atomic mass is 32.2. The lowest BCUT2D eigenvalue weighted by molar-refractivity contribution is -0.0510. The number of ether oxygens (including phenoxy) is 4. The molecule has 0 saturated heterocycles. The van der Waals surface area contributed by atoms with Crippen LogP contribution in [0.1, 0.15) is 22.8 Å². The van der Waals surface area contributed by atoms with Crippen molar-refractivity contribution in [2.75, 3.05) is 14.2 Å². The van der Waals surface area contributed by atoms with E-state index in [2.05, 4.69) is 4.74 Å². The lowest BCUT2D eigenvalue weighted by Gasteiger charge is -2.31. The quantitative estimate of drug-likeness (QED) is 0.512. The lowest BCUT2D eigenvalue weighted by atomic mass is 9.88. The molecular formula is C23H21F2NO7S. The Kier molecular flexibility index (Phi) is 6.24. The fourth-order valence-electron chi connectivity index (χ4n) is 3.95. The van der Waals surface area contributed by atoms with Crippen molar-refractivity contribution < 1.29 is 41.3 Å². The number of alkyl halides is 2. The van der Waals surface area contributed by atoms with Crippen molar-refractivity contribution in [2.24, 2.45) is 5.14 Å². The standard InChI is InChI=1S/C23H21F2NO7S/c1-30-17-7-4-13(10-19(17)31-2)21-15-9-12(11-34(26,28)29)3-5-14(15)20-18(32-21)8-6-16(27)22(20)33-23(24)25/h3-10,21,23,27H,11H2,1-2H3,(H2,26,28,29). The van der Waals surface area contributed by atoms with Crippen molar-refractivity contribution in [1.82, 2.24) is 0 Å². The minimum absolute atomic E-state index is 0.120. The van der Waals surface area contributed by atoms with Gasteiger partial charge in [0.1, 0.15) is 11.9 Å². The summed E-state index contributed by atoms with van der Waals surface area (Å²) in [4.78, 5) is 0. The Balaban J connectivity index is 1.94. The Hall–Kier alpha value is -3.57. The fourth-order valence-corrected chi connectivity index (χ4v) is 4.59. The molecule has 1 atom stereocenters. The first-order valence-electron chi connectivity index (χ1n) is 9.94. The highest BCUT2D eigenvalue weighted by Crippen LogP contribution is 2.52. The molecule has 3 aromatic carbocycles. The van der Waals surface area contributed by atoms with Crippen LogP contribution in [-0.2, 0) is 15.8 Å². The number of hydrogen-bond acceptors (Lipinski definition) is 7. The molecule has 3 aromatic rings. The molecule has 11 heteroatoms.